The van der Waals surface area contributed by atoms with Gasteiger partial charge in [-0.25, -0.2) is 0 Å². The second-order valence-electron chi connectivity index (χ2n) is 6.07. The van der Waals surface area contributed by atoms with Gasteiger partial charge in [-0.1, -0.05) is 30.3 Å². The van der Waals surface area contributed by atoms with Gasteiger partial charge < -0.3 is 23.5 Å². The molecular formula is C21H25O7P. The first-order chi connectivity index (χ1) is 13.9. The number of esters is 1. The maximum atomic E-state index is 14.0. The molecule has 1 atom stereocenters. The molecule has 0 bridgehead atoms. The molecule has 2 aromatic rings. The molecule has 0 saturated heterocycles. The van der Waals surface area contributed by atoms with Gasteiger partial charge in [0.25, 0.3) is 0 Å². The molecule has 29 heavy (non-hydrogen) atoms. The summed E-state index contributed by atoms with van der Waals surface area (Å²) in [7, 11) is 0.569. The summed E-state index contributed by atoms with van der Waals surface area (Å²) in [5, 5.41) is 0.356. The van der Waals surface area contributed by atoms with Crippen LogP contribution in [0.1, 0.15) is 23.7 Å². The molecule has 0 amide bonds. The normalized spacial score (nSPS) is 12.6. The molecule has 0 aliphatic rings. The molecule has 1 unspecified atom stereocenters. The van der Waals surface area contributed by atoms with Crippen molar-refractivity contribution < 1.29 is 33.1 Å². The quantitative estimate of drug-likeness (QED) is 0.429. The van der Waals surface area contributed by atoms with Gasteiger partial charge >= 0.3 is 5.97 Å². The molecule has 2 rings (SSSR count). The van der Waals surface area contributed by atoms with Gasteiger partial charge in [-0.05, 0) is 6.92 Å². The van der Waals surface area contributed by atoms with Crippen LogP contribution in [0.4, 0.5) is 0 Å². The van der Waals surface area contributed by atoms with Gasteiger partial charge in [-0.15, -0.1) is 0 Å². The molecule has 156 valence electrons. The van der Waals surface area contributed by atoms with E-state index in [-0.39, 0.29) is 36.3 Å². The van der Waals surface area contributed by atoms with Crippen LogP contribution >= 0.6 is 7.14 Å². The number of carbonyl (C=O) groups excluding carboxylic acids is 2. The summed E-state index contributed by atoms with van der Waals surface area (Å²) < 4.78 is 34.9. The third-order valence-corrected chi connectivity index (χ3v) is 7.23. The van der Waals surface area contributed by atoms with E-state index in [9.17, 15) is 14.2 Å². The smallest absolute Gasteiger partial charge is 0.306 e. The first kappa shape index (κ1) is 22.5. The van der Waals surface area contributed by atoms with Crippen molar-refractivity contribution in [3.63, 3.8) is 0 Å². The van der Waals surface area contributed by atoms with Crippen molar-refractivity contribution in [2.24, 2.45) is 0 Å². The highest BCUT2D eigenvalue weighted by Crippen LogP contribution is 2.52. The second kappa shape index (κ2) is 10.1. The van der Waals surface area contributed by atoms with Gasteiger partial charge in [0, 0.05) is 23.6 Å². The summed E-state index contributed by atoms with van der Waals surface area (Å²) in [6, 6.07) is 11.4. The number of benzene rings is 2. The molecule has 0 spiro atoms. The lowest BCUT2D eigenvalue weighted by atomic mass is 10.2. The average Bonchev–Trinajstić information content (AvgIpc) is 2.76. The summed E-state index contributed by atoms with van der Waals surface area (Å²) in [5.41, 5.74) is -0.601. The van der Waals surface area contributed by atoms with E-state index in [1.165, 1.54) is 33.5 Å². The molecule has 0 heterocycles. The van der Waals surface area contributed by atoms with Crippen molar-refractivity contribution in [2.45, 2.75) is 13.3 Å². The number of carbonyl (C=O) groups is 2. The highest BCUT2D eigenvalue weighted by Gasteiger charge is 2.38. The maximum absolute atomic E-state index is 14.0. The topological polar surface area (TPSA) is 88.1 Å². The van der Waals surface area contributed by atoms with Crippen molar-refractivity contribution in [3.05, 3.63) is 48.0 Å². The minimum atomic E-state index is -3.71. The van der Waals surface area contributed by atoms with Crippen LogP contribution in [0.15, 0.2) is 42.5 Å². The minimum absolute atomic E-state index is 0.0480. The summed E-state index contributed by atoms with van der Waals surface area (Å²) in [4.78, 5) is 25.5. The minimum Gasteiger partial charge on any atom is -0.496 e. The Morgan fingerprint density at radius 3 is 2.00 bits per heavy atom. The third-order valence-electron chi connectivity index (χ3n) is 4.37. The van der Waals surface area contributed by atoms with E-state index in [1.54, 1.807) is 37.3 Å². The maximum Gasteiger partial charge on any atom is 0.306 e. The van der Waals surface area contributed by atoms with E-state index in [4.69, 9.17) is 18.9 Å². The van der Waals surface area contributed by atoms with E-state index < -0.39 is 18.6 Å². The SMILES string of the molecule is CCOC(=O)CCP(=O)(C(=O)c1c(OC)cc(OC)cc1OC)c1ccccc1. The molecule has 0 saturated carbocycles. The molecule has 0 aliphatic carbocycles. The van der Waals surface area contributed by atoms with E-state index >= 15 is 0 Å². The third kappa shape index (κ3) is 4.98. The van der Waals surface area contributed by atoms with Crippen LogP contribution < -0.4 is 19.5 Å². The molecule has 0 radical (unpaired) electrons. The lowest BCUT2D eigenvalue weighted by molar-refractivity contribution is -0.142. The van der Waals surface area contributed by atoms with Gasteiger partial charge in [-0.2, -0.15) is 0 Å². The standard InChI is InChI=1S/C21H25O7P/c1-5-28-19(22)11-12-29(24,16-9-7-6-8-10-16)21(23)20-17(26-3)13-15(25-2)14-18(20)27-4/h6-10,13-14H,5,11-12H2,1-4H3. The molecule has 0 fully saturated rings. The van der Waals surface area contributed by atoms with Crippen molar-refractivity contribution in [2.75, 3.05) is 34.1 Å². The van der Waals surface area contributed by atoms with Gasteiger partial charge in [0.2, 0.25) is 5.52 Å². The van der Waals surface area contributed by atoms with Crippen molar-refractivity contribution >= 4 is 23.9 Å². The largest absolute Gasteiger partial charge is 0.496 e. The first-order valence-electron chi connectivity index (χ1n) is 9.06. The monoisotopic (exact) mass is 420 g/mol. The zero-order valence-corrected chi connectivity index (χ0v) is 17.9. The highest BCUT2D eigenvalue weighted by atomic mass is 31.2. The fraction of sp³-hybridized carbons (Fsp3) is 0.333. The van der Waals surface area contributed by atoms with Crippen molar-refractivity contribution in [1.29, 1.82) is 0 Å². The van der Waals surface area contributed by atoms with Gasteiger partial charge in [0.1, 0.15) is 22.8 Å². The fourth-order valence-corrected chi connectivity index (χ4v) is 5.32. The Bertz CT molecular complexity index is 883. The average molecular weight is 420 g/mol. The van der Waals surface area contributed by atoms with Crippen molar-refractivity contribution in [1.82, 2.24) is 0 Å². The molecule has 0 aromatic heterocycles. The molecule has 0 aliphatic heterocycles. The zero-order chi connectivity index (χ0) is 21.4. The highest BCUT2D eigenvalue weighted by molar-refractivity contribution is 7.87. The Labute approximate surface area is 170 Å². The summed E-state index contributed by atoms with van der Waals surface area (Å²) in [6.07, 6.45) is -0.306. The first-order valence-corrected chi connectivity index (χ1v) is 11.0. The summed E-state index contributed by atoms with van der Waals surface area (Å²) >= 11 is 0. The van der Waals surface area contributed by atoms with E-state index in [0.717, 1.165) is 0 Å². The predicted octanol–water partition coefficient (Wildman–Crippen LogP) is 3.49. The lowest BCUT2D eigenvalue weighted by Gasteiger charge is -2.20. The zero-order valence-electron chi connectivity index (χ0n) is 17.0. The van der Waals surface area contributed by atoms with Gasteiger partial charge in [0.15, 0.2) is 7.14 Å². The number of ether oxygens (including phenoxy) is 4. The number of hydrogen-bond donors (Lipinski definition) is 0. The van der Waals surface area contributed by atoms with Crippen LogP contribution in [0, 0.1) is 0 Å². The Morgan fingerprint density at radius 1 is 0.931 bits per heavy atom. The Hall–Kier alpha value is -2.79. The molecule has 7 nitrogen and oxygen atoms in total. The van der Waals surface area contributed by atoms with Gasteiger partial charge in [0.05, 0.1) is 34.4 Å². The fourth-order valence-electron chi connectivity index (χ4n) is 2.90. The molecule has 2 aromatic carbocycles. The Balaban J connectivity index is 2.59. The van der Waals surface area contributed by atoms with Crippen molar-refractivity contribution in [3.8, 4) is 17.2 Å². The lowest BCUT2D eigenvalue weighted by Crippen LogP contribution is -2.19. The molecule has 8 heteroatoms. The van der Waals surface area contributed by atoms with E-state index in [1.807, 2.05) is 0 Å². The molecular weight excluding hydrogens is 395 g/mol. The van der Waals surface area contributed by atoms with Gasteiger partial charge in [-0.3, -0.25) is 9.59 Å². The van der Waals surface area contributed by atoms with Crippen LogP contribution in [0.5, 0.6) is 17.2 Å². The molecule has 0 N–H and O–H groups in total. The van der Waals surface area contributed by atoms with E-state index in [0.29, 0.717) is 11.1 Å². The predicted molar refractivity (Wildman–Crippen MR) is 110 cm³/mol. The Kier molecular flexibility index (Phi) is 7.85. The van der Waals surface area contributed by atoms with E-state index in [2.05, 4.69) is 0 Å². The Morgan fingerprint density at radius 2 is 1.52 bits per heavy atom. The number of rotatable bonds is 10. The summed E-state index contributed by atoms with van der Waals surface area (Å²) in [5.74, 6) is 0.276. The van der Waals surface area contributed by atoms with Crippen LogP contribution in [0.2, 0.25) is 0 Å². The van der Waals surface area contributed by atoms with Crippen LogP contribution in [-0.2, 0) is 14.1 Å². The second-order valence-corrected chi connectivity index (χ2v) is 8.92. The number of hydrogen-bond acceptors (Lipinski definition) is 7. The summed E-state index contributed by atoms with van der Waals surface area (Å²) in [6.45, 7) is 1.90. The number of methoxy groups -OCH3 is 3. The van der Waals surface area contributed by atoms with Crippen LogP contribution in [0.3, 0.4) is 0 Å². The van der Waals surface area contributed by atoms with Crippen LogP contribution in [-0.4, -0.2) is 45.6 Å². The van der Waals surface area contributed by atoms with Crippen LogP contribution in [0.25, 0.3) is 0 Å².